The van der Waals surface area contributed by atoms with Crippen LogP contribution in [0.25, 0.3) is 0 Å². The zero-order valence-electron chi connectivity index (χ0n) is 6.22. The molecule has 0 aromatic rings. The van der Waals surface area contributed by atoms with Gasteiger partial charge in [-0.25, -0.2) is 0 Å². The van der Waals surface area contributed by atoms with E-state index < -0.39 is 0 Å². The van der Waals surface area contributed by atoms with E-state index in [9.17, 15) is 4.79 Å². The van der Waals surface area contributed by atoms with Crippen LogP contribution in [-0.4, -0.2) is 12.6 Å². The molecule has 0 amide bonds. The van der Waals surface area contributed by atoms with Gasteiger partial charge in [0.25, 0.3) is 0 Å². The zero-order chi connectivity index (χ0) is 7.82. The Hall–Kier alpha value is -1.01. The average Bonchev–Trinajstić information content (AvgIpc) is 1.89. The highest BCUT2D eigenvalue weighted by Gasteiger charge is 1.96. The van der Waals surface area contributed by atoms with Crippen LogP contribution in [0.5, 0.6) is 0 Å². The normalized spacial score (nSPS) is 8.10. The fraction of sp³-hybridized carbons (Fsp3) is 0.500. The second-order valence-electron chi connectivity index (χ2n) is 1.84. The van der Waals surface area contributed by atoms with Crippen molar-refractivity contribution in [2.24, 2.45) is 0 Å². The van der Waals surface area contributed by atoms with Crippen LogP contribution < -0.4 is 0 Å². The van der Waals surface area contributed by atoms with Gasteiger partial charge in [0.1, 0.15) is 6.61 Å². The van der Waals surface area contributed by atoms with Crippen LogP contribution in [0, 0.1) is 0 Å². The molecule has 0 fully saturated rings. The first-order chi connectivity index (χ1) is 4.81. The summed E-state index contributed by atoms with van der Waals surface area (Å²) in [6, 6.07) is 0. The minimum absolute atomic E-state index is 0.158. The smallest absolute Gasteiger partial charge is 0.306 e. The maximum Gasteiger partial charge on any atom is 0.306 e. The predicted molar refractivity (Wildman–Crippen MR) is 39.6 cm³/mol. The summed E-state index contributed by atoms with van der Waals surface area (Å²) < 4.78 is 4.73. The summed E-state index contributed by atoms with van der Waals surface area (Å²) in [5.41, 5.74) is 2.51. The van der Waals surface area contributed by atoms with Crippen molar-refractivity contribution >= 4 is 5.97 Å². The molecule has 0 N–H and O–H groups in total. The quantitative estimate of drug-likeness (QED) is 0.438. The number of carbonyl (C=O) groups excluding carboxylic acids is 1. The molecule has 0 spiro atoms. The number of rotatable bonds is 4. The molecule has 0 rings (SSSR count). The lowest BCUT2D eigenvalue weighted by molar-refractivity contribution is -0.142. The van der Waals surface area contributed by atoms with Gasteiger partial charge < -0.3 is 4.74 Å². The van der Waals surface area contributed by atoms with Crippen molar-refractivity contribution in [2.75, 3.05) is 6.61 Å². The molecule has 0 saturated carbocycles. The van der Waals surface area contributed by atoms with E-state index in [1.807, 2.05) is 6.92 Å². The number of hydrogen-bond acceptors (Lipinski definition) is 2. The Morgan fingerprint density at radius 3 is 3.00 bits per heavy atom. The predicted octanol–water partition coefficient (Wildman–Crippen LogP) is 1.67. The van der Waals surface area contributed by atoms with Gasteiger partial charge in [-0.05, 0) is 12.5 Å². The molecule has 0 aromatic heterocycles. The van der Waals surface area contributed by atoms with Crippen molar-refractivity contribution in [2.45, 2.75) is 19.8 Å². The van der Waals surface area contributed by atoms with E-state index in [2.05, 4.69) is 12.3 Å². The highest BCUT2D eigenvalue weighted by molar-refractivity contribution is 5.69. The van der Waals surface area contributed by atoms with Crippen molar-refractivity contribution in [1.82, 2.24) is 0 Å². The third-order valence-electron chi connectivity index (χ3n) is 0.926. The zero-order valence-corrected chi connectivity index (χ0v) is 6.22. The van der Waals surface area contributed by atoms with E-state index in [0.717, 1.165) is 6.42 Å². The first kappa shape index (κ1) is 8.99. The molecule has 0 aliphatic carbocycles. The minimum atomic E-state index is -0.158. The molecule has 0 bridgehead atoms. The minimum Gasteiger partial charge on any atom is -0.461 e. The van der Waals surface area contributed by atoms with Gasteiger partial charge in [0.2, 0.25) is 0 Å². The monoisotopic (exact) mass is 140 g/mol. The van der Waals surface area contributed by atoms with Crippen LogP contribution >= 0.6 is 0 Å². The molecule has 0 aliphatic rings. The maximum absolute atomic E-state index is 10.6. The molecule has 0 atom stereocenters. The van der Waals surface area contributed by atoms with Crippen LogP contribution in [0.1, 0.15) is 19.8 Å². The van der Waals surface area contributed by atoms with E-state index >= 15 is 0 Å². The highest BCUT2D eigenvalue weighted by atomic mass is 16.5. The largest absolute Gasteiger partial charge is 0.461 e. The molecular weight excluding hydrogens is 128 g/mol. The SMILES string of the molecule is C=C=CCOC(=O)CCC. The lowest BCUT2D eigenvalue weighted by Crippen LogP contribution is -2.02. The highest BCUT2D eigenvalue weighted by Crippen LogP contribution is 1.90. The molecule has 2 nitrogen and oxygen atoms in total. The molecular formula is C8H12O2. The number of carbonyl (C=O) groups is 1. The fourth-order valence-electron chi connectivity index (χ4n) is 0.470. The molecule has 56 valence electrons. The van der Waals surface area contributed by atoms with Crippen LogP contribution in [0.15, 0.2) is 18.4 Å². The second kappa shape index (κ2) is 6.12. The summed E-state index contributed by atoms with van der Waals surface area (Å²) in [6.07, 6.45) is 2.90. The Morgan fingerprint density at radius 2 is 2.50 bits per heavy atom. The summed E-state index contributed by atoms with van der Waals surface area (Å²) in [7, 11) is 0. The summed E-state index contributed by atoms with van der Waals surface area (Å²) in [6.45, 7) is 5.56. The van der Waals surface area contributed by atoms with Gasteiger partial charge in [0.15, 0.2) is 0 Å². The van der Waals surface area contributed by atoms with Gasteiger partial charge in [0.05, 0.1) is 0 Å². The summed E-state index contributed by atoms with van der Waals surface area (Å²) >= 11 is 0. The Balaban J connectivity index is 3.30. The topological polar surface area (TPSA) is 26.3 Å². The average molecular weight is 140 g/mol. The first-order valence-electron chi connectivity index (χ1n) is 3.31. The van der Waals surface area contributed by atoms with Gasteiger partial charge in [0, 0.05) is 6.42 Å². The molecule has 0 radical (unpaired) electrons. The summed E-state index contributed by atoms with van der Waals surface area (Å²) in [5.74, 6) is -0.158. The Kier molecular flexibility index (Phi) is 5.50. The Morgan fingerprint density at radius 1 is 1.80 bits per heavy atom. The third kappa shape index (κ3) is 5.13. The van der Waals surface area contributed by atoms with E-state index in [1.54, 1.807) is 6.08 Å². The van der Waals surface area contributed by atoms with Crippen molar-refractivity contribution < 1.29 is 9.53 Å². The van der Waals surface area contributed by atoms with E-state index in [0.29, 0.717) is 13.0 Å². The first-order valence-corrected chi connectivity index (χ1v) is 3.31. The molecule has 0 saturated heterocycles. The third-order valence-corrected chi connectivity index (χ3v) is 0.926. The molecule has 2 heteroatoms. The fourth-order valence-corrected chi connectivity index (χ4v) is 0.470. The van der Waals surface area contributed by atoms with Gasteiger partial charge in [-0.2, -0.15) is 0 Å². The van der Waals surface area contributed by atoms with E-state index in [4.69, 9.17) is 4.74 Å². The number of esters is 1. The van der Waals surface area contributed by atoms with E-state index in [-0.39, 0.29) is 5.97 Å². The Labute approximate surface area is 61.2 Å². The van der Waals surface area contributed by atoms with Crippen LogP contribution in [0.3, 0.4) is 0 Å². The molecule has 0 unspecified atom stereocenters. The van der Waals surface area contributed by atoms with Crippen molar-refractivity contribution in [1.29, 1.82) is 0 Å². The van der Waals surface area contributed by atoms with Crippen LogP contribution in [0.4, 0.5) is 0 Å². The van der Waals surface area contributed by atoms with Crippen molar-refractivity contribution in [3.05, 3.63) is 18.4 Å². The van der Waals surface area contributed by atoms with Crippen molar-refractivity contribution in [3.8, 4) is 0 Å². The van der Waals surface area contributed by atoms with Gasteiger partial charge >= 0.3 is 5.97 Å². The lowest BCUT2D eigenvalue weighted by atomic mass is 10.3. The molecule has 10 heavy (non-hydrogen) atoms. The maximum atomic E-state index is 10.6. The van der Waals surface area contributed by atoms with Gasteiger partial charge in [-0.3, -0.25) is 4.79 Å². The summed E-state index contributed by atoms with van der Waals surface area (Å²) in [5, 5.41) is 0. The van der Waals surface area contributed by atoms with Gasteiger partial charge in [-0.15, -0.1) is 5.73 Å². The van der Waals surface area contributed by atoms with Gasteiger partial charge in [-0.1, -0.05) is 13.5 Å². The second-order valence-corrected chi connectivity index (χ2v) is 1.84. The molecule has 0 heterocycles. The van der Waals surface area contributed by atoms with Crippen LogP contribution in [0.2, 0.25) is 0 Å². The molecule has 0 aliphatic heterocycles. The Bertz CT molecular complexity index is 143. The standard InChI is InChI=1S/C8H12O2/c1-3-5-7-10-8(9)6-4-2/h5H,1,4,6-7H2,2H3. The number of hydrogen-bond donors (Lipinski definition) is 0. The van der Waals surface area contributed by atoms with E-state index in [1.165, 1.54) is 0 Å². The van der Waals surface area contributed by atoms with Crippen LogP contribution in [-0.2, 0) is 9.53 Å². The lowest BCUT2D eigenvalue weighted by Gasteiger charge is -1.97. The summed E-state index contributed by atoms with van der Waals surface area (Å²) in [4.78, 5) is 10.6. The molecule has 0 aromatic carbocycles. The van der Waals surface area contributed by atoms with Crippen molar-refractivity contribution in [3.63, 3.8) is 0 Å². The number of ether oxygens (including phenoxy) is 1.